The van der Waals surface area contributed by atoms with Gasteiger partial charge in [-0.05, 0) is 37.7 Å². The highest BCUT2D eigenvalue weighted by Gasteiger charge is 2.23. The molecule has 2 saturated heterocycles. The first-order chi connectivity index (χ1) is 15.3. The molecule has 32 heavy (non-hydrogen) atoms. The number of nitrogens with zero attached hydrogens (tertiary/aromatic N) is 4. The summed E-state index contributed by atoms with van der Waals surface area (Å²) in [4.78, 5) is 6.81. The normalized spacial score (nSPS) is 20.1. The van der Waals surface area contributed by atoms with Crippen LogP contribution >= 0.6 is 24.0 Å². The van der Waals surface area contributed by atoms with Gasteiger partial charge in [0, 0.05) is 45.0 Å². The molecule has 2 fully saturated rings. The Labute approximate surface area is 208 Å². The lowest BCUT2D eigenvalue weighted by atomic mass is 10.1. The van der Waals surface area contributed by atoms with Gasteiger partial charge in [0.05, 0.1) is 31.6 Å². The maximum Gasteiger partial charge on any atom is 0.193 e. The van der Waals surface area contributed by atoms with Crippen molar-refractivity contribution >= 4 is 29.9 Å². The van der Waals surface area contributed by atoms with Gasteiger partial charge in [0.1, 0.15) is 0 Å². The van der Waals surface area contributed by atoms with Crippen LogP contribution in [0.4, 0.5) is 0 Å². The van der Waals surface area contributed by atoms with Crippen LogP contribution in [0.25, 0.3) is 0 Å². The van der Waals surface area contributed by atoms with Crippen molar-refractivity contribution in [1.29, 1.82) is 0 Å². The smallest absolute Gasteiger partial charge is 0.193 e. The summed E-state index contributed by atoms with van der Waals surface area (Å²) in [6.07, 6.45) is 10.3. The van der Waals surface area contributed by atoms with Gasteiger partial charge in [-0.2, -0.15) is 5.10 Å². The third-order valence-electron chi connectivity index (χ3n) is 6.07. The number of ether oxygens (including phenoxy) is 2. The van der Waals surface area contributed by atoms with Gasteiger partial charge in [-0.3, -0.25) is 9.67 Å². The molecule has 0 radical (unpaired) electrons. The third-order valence-corrected chi connectivity index (χ3v) is 6.07. The van der Waals surface area contributed by atoms with Crippen molar-refractivity contribution in [1.82, 2.24) is 20.0 Å². The lowest BCUT2D eigenvalue weighted by molar-refractivity contribution is -0.0721. The van der Waals surface area contributed by atoms with E-state index in [1.165, 1.54) is 18.4 Å². The van der Waals surface area contributed by atoms with E-state index in [2.05, 4.69) is 50.8 Å². The summed E-state index contributed by atoms with van der Waals surface area (Å²) in [7, 11) is 1.85. The molecule has 8 heteroatoms. The Balaban J connectivity index is 0.00000289. The summed E-state index contributed by atoms with van der Waals surface area (Å²) in [6, 6.07) is 10.4. The van der Waals surface area contributed by atoms with Crippen molar-refractivity contribution < 1.29 is 9.47 Å². The highest BCUT2D eigenvalue weighted by Crippen LogP contribution is 2.18. The molecule has 1 unspecified atom stereocenters. The molecule has 3 heterocycles. The topological polar surface area (TPSA) is 63.9 Å². The number of aliphatic imine (C=N–C) groups is 1. The molecule has 0 bridgehead atoms. The predicted molar refractivity (Wildman–Crippen MR) is 138 cm³/mol. The third kappa shape index (κ3) is 7.45. The van der Waals surface area contributed by atoms with Crippen LogP contribution in [0, 0.1) is 0 Å². The van der Waals surface area contributed by atoms with E-state index in [-0.39, 0.29) is 24.0 Å². The average molecular weight is 553 g/mol. The number of benzene rings is 1. The molecule has 0 spiro atoms. The summed E-state index contributed by atoms with van der Waals surface area (Å²) >= 11 is 0. The number of likely N-dealkylation sites (tertiary alicyclic amines) is 1. The Bertz CT molecular complexity index is 815. The highest BCUT2D eigenvalue weighted by molar-refractivity contribution is 14.0. The van der Waals surface area contributed by atoms with Gasteiger partial charge < -0.3 is 19.7 Å². The SMILES string of the molecule is CN=C(NCc1cnn(Cc2ccccc2)c1)N1CCC(OCC2CCCCO2)CC1.I. The number of hydrogen-bond donors (Lipinski definition) is 1. The van der Waals surface area contributed by atoms with Crippen molar-refractivity contribution in [2.24, 2.45) is 4.99 Å². The summed E-state index contributed by atoms with van der Waals surface area (Å²) in [5, 5.41) is 7.99. The predicted octanol–water partition coefficient (Wildman–Crippen LogP) is 3.67. The van der Waals surface area contributed by atoms with Gasteiger partial charge in [0.25, 0.3) is 0 Å². The van der Waals surface area contributed by atoms with E-state index < -0.39 is 0 Å². The summed E-state index contributed by atoms with van der Waals surface area (Å²) in [6.45, 7) is 5.06. The molecule has 0 amide bonds. The van der Waals surface area contributed by atoms with Crippen molar-refractivity contribution in [3.8, 4) is 0 Å². The molecular formula is C24H36IN5O2. The zero-order chi connectivity index (χ0) is 21.3. The second-order valence-electron chi connectivity index (χ2n) is 8.44. The number of piperidine rings is 1. The Morgan fingerprint density at radius 2 is 1.97 bits per heavy atom. The number of halogens is 1. The molecular weight excluding hydrogens is 517 g/mol. The quantitative estimate of drug-likeness (QED) is 0.322. The Kier molecular flexibility index (Phi) is 10.3. The number of hydrogen-bond acceptors (Lipinski definition) is 4. The first-order valence-corrected chi connectivity index (χ1v) is 11.5. The second kappa shape index (κ2) is 13.2. The molecule has 2 aliphatic rings. The van der Waals surface area contributed by atoms with E-state index in [4.69, 9.17) is 9.47 Å². The lowest BCUT2D eigenvalue weighted by Gasteiger charge is -2.35. The van der Waals surface area contributed by atoms with Crippen LogP contribution in [-0.4, -0.2) is 66.2 Å². The van der Waals surface area contributed by atoms with Crippen LogP contribution in [-0.2, 0) is 22.6 Å². The fourth-order valence-electron chi connectivity index (χ4n) is 4.28. The van der Waals surface area contributed by atoms with Crippen LogP contribution in [0.3, 0.4) is 0 Å². The Morgan fingerprint density at radius 3 is 2.69 bits per heavy atom. The second-order valence-corrected chi connectivity index (χ2v) is 8.44. The van der Waals surface area contributed by atoms with E-state index in [1.807, 2.05) is 24.0 Å². The number of aromatic nitrogens is 2. The molecule has 7 nitrogen and oxygen atoms in total. The van der Waals surface area contributed by atoms with E-state index in [9.17, 15) is 0 Å². The van der Waals surface area contributed by atoms with Crippen molar-refractivity contribution in [2.75, 3.05) is 33.4 Å². The summed E-state index contributed by atoms with van der Waals surface area (Å²) < 4.78 is 13.9. The van der Waals surface area contributed by atoms with Crippen LogP contribution in [0.5, 0.6) is 0 Å². The monoisotopic (exact) mass is 553 g/mol. The molecule has 176 valence electrons. The van der Waals surface area contributed by atoms with Crippen LogP contribution in [0.2, 0.25) is 0 Å². The maximum absolute atomic E-state index is 6.14. The molecule has 4 rings (SSSR count). The number of guanidine groups is 1. The largest absolute Gasteiger partial charge is 0.376 e. The summed E-state index contributed by atoms with van der Waals surface area (Å²) in [5.74, 6) is 0.949. The van der Waals surface area contributed by atoms with Gasteiger partial charge in [-0.25, -0.2) is 0 Å². The van der Waals surface area contributed by atoms with Crippen LogP contribution in [0.15, 0.2) is 47.7 Å². The van der Waals surface area contributed by atoms with E-state index >= 15 is 0 Å². The minimum absolute atomic E-state index is 0. The molecule has 0 aliphatic carbocycles. The fourth-order valence-corrected chi connectivity index (χ4v) is 4.28. The highest BCUT2D eigenvalue weighted by atomic mass is 127. The van der Waals surface area contributed by atoms with E-state index in [0.29, 0.717) is 12.2 Å². The minimum atomic E-state index is 0. The van der Waals surface area contributed by atoms with Crippen LogP contribution < -0.4 is 5.32 Å². The van der Waals surface area contributed by atoms with Gasteiger partial charge >= 0.3 is 0 Å². The molecule has 2 aliphatic heterocycles. The first-order valence-electron chi connectivity index (χ1n) is 11.5. The average Bonchev–Trinajstić information content (AvgIpc) is 3.27. The van der Waals surface area contributed by atoms with Crippen LogP contribution in [0.1, 0.15) is 43.2 Å². The Hall–Kier alpha value is -1.65. The van der Waals surface area contributed by atoms with E-state index in [0.717, 1.165) is 70.2 Å². The fraction of sp³-hybridized carbons (Fsp3) is 0.583. The maximum atomic E-state index is 6.14. The summed E-state index contributed by atoms with van der Waals surface area (Å²) in [5.41, 5.74) is 2.41. The van der Waals surface area contributed by atoms with Gasteiger partial charge in [0.2, 0.25) is 0 Å². The molecule has 1 aromatic carbocycles. The molecule has 2 aromatic rings. The zero-order valence-electron chi connectivity index (χ0n) is 19.0. The zero-order valence-corrected chi connectivity index (χ0v) is 21.3. The molecule has 1 N–H and O–H groups in total. The van der Waals surface area contributed by atoms with Gasteiger partial charge in [-0.1, -0.05) is 30.3 Å². The standard InChI is InChI=1S/C24H35N5O2.HI/c1-25-24(26-15-21-16-27-29(18-21)17-20-7-3-2-4-8-20)28-12-10-22(11-13-28)31-19-23-9-5-6-14-30-23;/h2-4,7-8,16,18,22-23H,5-6,9-15,17,19H2,1H3,(H,25,26);1H. The number of nitrogens with one attached hydrogen (secondary N) is 1. The molecule has 1 atom stereocenters. The van der Waals surface area contributed by atoms with Crippen molar-refractivity contribution in [3.05, 3.63) is 53.9 Å². The number of rotatable bonds is 7. The minimum Gasteiger partial charge on any atom is -0.376 e. The molecule has 0 saturated carbocycles. The van der Waals surface area contributed by atoms with Gasteiger partial charge in [-0.15, -0.1) is 24.0 Å². The van der Waals surface area contributed by atoms with E-state index in [1.54, 1.807) is 0 Å². The Morgan fingerprint density at radius 1 is 1.16 bits per heavy atom. The van der Waals surface area contributed by atoms with Crippen molar-refractivity contribution in [3.63, 3.8) is 0 Å². The lowest BCUT2D eigenvalue weighted by Crippen LogP contribution is -2.47. The molecule has 1 aromatic heterocycles. The first kappa shape index (κ1) is 25.0. The van der Waals surface area contributed by atoms with Gasteiger partial charge in [0.15, 0.2) is 5.96 Å². The van der Waals surface area contributed by atoms with Crippen molar-refractivity contribution in [2.45, 2.75) is 57.4 Å².